The van der Waals surface area contributed by atoms with Gasteiger partial charge in [0.25, 0.3) is 0 Å². The molecule has 1 atom stereocenters. The molecular formula is C13H19N3O2. The fourth-order valence-corrected chi connectivity index (χ4v) is 2.62. The van der Waals surface area contributed by atoms with E-state index in [1.807, 2.05) is 0 Å². The van der Waals surface area contributed by atoms with Gasteiger partial charge in [0, 0.05) is 12.6 Å². The standard InChI is InChI=1S/C13H19N3O2/c1-2-5-10-6-3-4-9-16(10)12-11(13(17)18)7-8-14-15-12/h7-8,10H,2-6,9H2,1H3,(H,17,18). The van der Waals surface area contributed by atoms with Crippen LogP contribution in [0.2, 0.25) is 0 Å². The fourth-order valence-electron chi connectivity index (χ4n) is 2.62. The number of aromatic carboxylic acids is 1. The molecule has 2 rings (SSSR count). The third-order valence-electron chi connectivity index (χ3n) is 3.45. The summed E-state index contributed by atoms with van der Waals surface area (Å²) in [5, 5.41) is 17.1. The Morgan fingerprint density at radius 3 is 3.11 bits per heavy atom. The van der Waals surface area contributed by atoms with Crippen LogP contribution in [0.15, 0.2) is 12.3 Å². The lowest BCUT2D eigenvalue weighted by molar-refractivity contribution is 0.0696. The molecular weight excluding hydrogens is 230 g/mol. The maximum Gasteiger partial charge on any atom is 0.339 e. The van der Waals surface area contributed by atoms with E-state index in [4.69, 9.17) is 0 Å². The van der Waals surface area contributed by atoms with Crippen LogP contribution in [0, 0.1) is 0 Å². The average molecular weight is 249 g/mol. The maximum atomic E-state index is 11.2. The number of aromatic nitrogens is 2. The van der Waals surface area contributed by atoms with Gasteiger partial charge in [0.05, 0.1) is 6.20 Å². The van der Waals surface area contributed by atoms with Crippen molar-refractivity contribution in [2.75, 3.05) is 11.4 Å². The van der Waals surface area contributed by atoms with E-state index in [1.54, 1.807) is 0 Å². The molecule has 5 heteroatoms. The van der Waals surface area contributed by atoms with E-state index in [0.29, 0.717) is 11.9 Å². The first-order valence-corrected chi connectivity index (χ1v) is 6.55. The summed E-state index contributed by atoms with van der Waals surface area (Å²) in [6.45, 7) is 3.03. The van der Waals surface area contributed by atoms with Gasteiger partial charge in [-0.1, -0.05) is 13.3 Å². The highest BCUT2D eigenvalue weighted by Gasteiger charge is 2.26. The van der Waals surface area contributed by atoms with Crippen LogP contribution >= 0.6 is 0 Å². The number of carbonyl (C=O) groups is 1. The topological polar surface area (TPSA) is 66.3 Å². The van der Waals surface area contributed by atoms with Crippen LogP contribution in [0.1, 0.15) is 49.4 Å². The van der Waals surface area contributed by atoms with Crippen LogP contribution < -0.4 is 4.90 Å². The summed E-state index contributed by atoms with van der Waals surface area (Å²) >= 11 is 0. The normalized spacial score (nSPS) is 19.8. The van der Waals surface area contributed by atoms with E-state index in [1.165, 1.54) is 18.7 Å². The van der Waals surface area contributed by atoms with Crippen molar-refractivity contribution >= 4 is 11.8 Å². The molecule has 0 aliphatic carbocycles. The molecule has 0 amide bonds. The van der Waals surface area contributed by atoms with Crippen LogP contribution in [-0.2, 0) is 0 Å². The number of anilines is 1. The van der Waals surface area contributed by atoms with E-state index >= 15 is 0 Å². The number of nitrogens with zero attached hydrogens (tertiary/aromatic N) is 3. The van der Waals surface area contributed by atoms with Crippen LogP contribution in [0.25, 0.3) is 0 Å². The number of carboxylic acid groups (broad SMARTS) is 1. The molecule has 0 bridgehead atoms. The molecule has 0 spiro atoms. The van der Waals surface area contributed by atoms with Gasteiger partial charge in [-0.05, 0) is 31.7 Å². The lowest BCUT2D eigenvalue weighted by atomic mass is 9.98. The molecule has 18 heavy (non-hydrogen) atoms. The van der Waals surface area contributed by atoms with Gasteiger partial charge in [-0.15, -0.1) is 5.10 Å². The molecule has 1 fully saturated rings. The third-order valence-corrected chi connectivity index (χ3v) is 3.45. The maximum absolute atomic E-state index is 11.2. The van der Waals surface area contributed by atoms with Crippen molar-refractivity contribution in [3.63, 3.8) is 0 Å². The second kappa shape index (κ2) is 5.80. The van der Waals surface area contributed by atoms with E-state index in [2.05, 4.69) is 22.0 Å². The van der Waals surface area contributed by atoms with Crippen molar-refractivity contribution < 1.29 is 9.90 Å². The Bertz CT molecular complexity index is 420. The molecule has 0 saturated carbocycles. The summed E-state index contributed by atoms with van der Waals surface area (Å²) in [6.07, 6.45) is 7.04. The van der Waals surface area contributed by atoms with Gasteiger partial charge in [0.15, 0.2) is 5.82 Å². The van der Waals surface area contributed by atoms with Crippen molar-refractivity contribution in [3.05, 3.63) is 17.8 Å². The first-order chi connectivity index (χ1) is 8.74. The van der Waals surface area contributed by atoms with Crippen molar-refractivity contribution in [1.29, 1.82) is 0 Å². The smallest absolute Gasteiger partial charge is 0.339 e. The highest BCUT2D eigenvalue weighted by atomic mass is 16.4. The van der Waals surface area contributed by atoms with Crippen molar-refractivity contribution in [3.8, 4) is 0 Å². The quantitative estimate of drug-likeness (QED) is 0.887. The zero-order valence-electron chi connectivity index (χ0n) is 10.7. The van der Waals surface area contributed by atoms with E-state index < -0.39 is 5.97 Å². The minimum Gasteiger partial charge on any atom is -0.478 e. The summed E-state index contributed by atoms with van der Waals surface area (Å²) < 4.78 is 0. The molecule has 0 radical (unpaired) electrons. The minimum atomic E-state index is -0.930. The lowest BCUT2D eigenvalue weighted by Gasteiger charge is -2.36. The van der Waals surface area contributed by atoms with Crippen molar-refractivity contribution in [2.24, 2.45) is 0 Å². The number of rotatable bonds is 4. The molecule has 1 aliphatic rings. The SMILES string of the molecule is CCCC1CCCCN1c1nnccc1C(=O)O. The highest BCUT2D eigenvalue weighted by molar-refractivity contribution is 5.93. The monoisotopic (exact) mass is 249 g/mol. The van der Waals surface area contributed by atoms with Crippen molar-refractivity contribution in [2.45, 2.75) is 45.1 Å². The van der Waals surface area contributed by atoms with Crippen LogP contribution in [0.4, 0.5) is 5.82 Å². The van der Waals surface area contributed by atoms with Gasteiger partial charge in [-0.25, -0.2) is 4.79 Å². The average Bonchev–Trinajstić information content (AvgIpc) is 2.40. The molecule has 5 nitrogen and oxygen atoms in total. The summed E-state index contributed by atoms with van der Waals surface area (Å²) in [4.78, 5) is 13.4. The predicted octanol–water partition coefficient (Wildman–Crippen LogP) is 2.33. The Morgan fingerprint density at radius 1 is 1.56 bits per heavy atom. The summed E-state index contributed by atoms with van der Waals surface area (Å²) in [5.41, 5.74) is 0.257. The number of piperidine rings is 1. The van der Waals surface area contributed by atoms with Gasteiger partial charge in [0.2, 0.25) is 0 Å². The number of hydrogen-bond acceptors (Lipinski definition) is 4. The third kappa shape index (κ3) is 2.60. The molecule has 1 aromatic rings. The van der Waals surface area contributed by atoms with E-state index in [-0.39, 0.29) is 5.56 Å². The molecule has 1 unspecified atom stereocenters. The van der Waals surface area contributed by atoms with Crippen LogP contribution in [0.3, 0.4) is 0 Å². The lowest BCUT2D eigenvalue weighted by Crippen LogP contribution is -2.41. The molecule has 0 aromatic carbocycles. The van der Waals surface area contributed by atoms with Gasteiger partial charge in [-0.3, -0.25) is 0 Å². The first kappa shape index (κ1) is 12.8. The molecule has 1 aliphatic heterocycles. The second-order valence-electron chi connectivity index (χ2n) is 4.71. The molecule has 98 valence electrons. The number of hydrogen-bond donors (Lipinski definition) is 1. The van der Waals surface area contributed by atoms with Gasteiger partial charge < -0.3 is 10.0 Å². The van der Waals surface area contributed by atoms with Crippen LogP contribution in [0.5, 0.6) is 0 Å². The van der Waals surface area contributed by atoms with E-state index in [0.717, 1.165) is 32.2 Å². The van der Waals surface area contributed by atoms with Gasteiger partial charge in [0.1, 0.15) is 5.56 Å². The predicted molar refractivity (Wildman–Crippen MR) is 68.9 cm³/mol. The first-order valence-electron chi connectivity index (χ1n) is 6.55. The Labute approximate surface area is 107 Å². The summed E-state index contributed by atoms with van der Waals surface area (Å²) in [5.74, 6) is -0.399. The fraction of sp³-hybridized carbons (Fsp3) is 0.615. The van der Waals surface area contributed by atoms with Crippen molar-refractivity contribution in [1.82, 2.24) is 10.2 Å². The zero-order chi connectivity index (χ0) is 13.0. The Kier molecular flexibility index (Phi) is 4.12. The second-order valence-corrected chi connectivity index (χ2v) is 4.71. The Hall–Kier alpha value is -1.65. The number of carboxylic acids is 1. The van der Waals surface area contributed by atoms with E-state index in [9.17, 15) is 9.90 Å². The summed E-state index contributed by atoms with van der Waals surface area (Å²) in [6, 6.07) is 1.93. The highest BCUT2D eigenvalue weighted by Crippen LogP contribution is 2.27. The van der Waals surface area contributed by atoms with Gasteiger partial charge in [-0.2, -0.15) is 5.10 Å². The molecule has 2 heterocycles. The molecule has 1 aromatic heterocycles. The largest absolute Gasteiger partial charge is 0.478 e. The molecule has 1 saturated heterocycles. The van der Waals surface area contributed by atoms with Crippen LogP contribution in [-0.4, -0.2) is 33.9 Å². The van der Waals surface area contributed by atoms with Gasteiger partial charge >= 0.3 is 5.97 Å². The minimum absolute atomic E-state index is 0.257. The zero-order valence-corrected chi connectivity index (χ0v) is 10.7. The Balaban J connectivity index is 2.30. The molecule has 1 N–H and O–H groups in total. The Morgan fingerprint density at radius 2 is 2.39 bits per heavy atom. The summed E-state index contributed by atoms with van der Waals surface area (Å²) in [7, 11) is 0.